The number of ether oxygens (including phenoxy) is 5. The monoisotopic (exact) mass is 797 g/mol. The Morgan fingerprint density at radius 1 is 0.897 bits per heavy atom. The van der Waals surface area contributed by atoms with Crippen LogP contribution in [-0.2, 0) is 38.1 Å². The fourth-order valence-electron chi connectivity index (χ4n) is 9.38. The van der Waals surface area contributed by atoms with E-state index in [4.69, 9.17) is 23.7 Å². The summed E-state index contributed by atoms with van der Waals surface area (Å²) in [4.78, 5) is 68.5. The predicted octanol–water partition coefficient (Wildman–Crippen LogP) is 3.39. The summed E-state index contributed by atoms with van der Waals surface area (Å²) in [7, 11) is 0. The Morgan fingerprint density at radius 3 is 2.05 bits per heavy atom. The molecule has 306 valence electrons. The summed E-state index contributed by atoms with van der Waals surface area (Å²) in [5, 5.41) is 38.9. The van der Waals surface area contributed by atoms with Gasteiger partial charge in [-0.05, 0) is 54.8 Å². The quantitative estimate of drug-likeness (QED) is 0.132. The molecule has 4 N–H and O–H groups in total. The van der Waals surface area contributed by atoms with Gasteiger partial charge in [0.05, 0.1) is 35.6 Å². The zero-order valence-electron chi connectivity index (χ0n) is 32.7. The predicted molar refractivity (Wildman–Crippen MR) is 203 cm³/mol. The molecule has 58 heavy (non-hydrogen) atoms. The third-order valence-electron chi connectivity index (χ3n) is 12.4. The molecule has 3 aromatic rings. The Balaban J connectivity index is 1.24. The lowest BCUT2D eigenvalue weighted by molar-refractivity contribution is -0.356. The van der Waals surface area contributed by atoms with Gasteiger partial charge in [0.15, 0.2) is 23.6 Å². The van der Waals surface area contributed by atoms with Crippen LogP contribution in [0.5, 0.6) is 0 Å². The van der Waals surface area contributed by atoms with Gasteiger partial charge in [0.1, 0.15) is 18.8 Å². The minimum atomic E-state index is -2.50. The molecule has 3 aromatic carbocycles. The van der Waals surface area contributed by atoms with Crippen molar-refractivity contribution in [1.82, 2.24) is 5.32 Å². The average molecular weight is 798 g/mol. The lowest BCUT2D eigenvalue weighted by Gasteiger charge is -2.63. The van der Waals surface area contributed by atoms with E-state index in [0.29, 0.717) is 11.1 Å². The van der Waals surface area contributed by atoms with Gasteiger partial charge < -0.3 is 44.3 Å². The molecule has 14 heteroatoms. The molecule has 14 nitrogen and oxygen atoms in total. The number of esters is 3. The smallest absolute Gasteiger partial charge is 0.338 e. The number of aliphatic hydroxyl groups is 3. The summed E-state index contributed by atoms with van der Waals surface area (Å²) >= 11 is 0. The fraction of sp³-hybridized carbons (Fsp3) is 0.432. The summed E-state index contributed by atoms with van der Waals surface area (Å²) < 4.78 is 30.0. The first-order valence-electron chi connectivity index (χ1n) is 19.1. The molecule has 3 heterocycles. The molecule has 0 radical (unpaired) electrons. The van der Waals surface area contributed by atoms with E-state index < -0.39 is 101 Å². The van der Waals surface area contributed by atoms with E-state index >= 15 is 4.79 Å². The summed E-state index contributed by atoms with van der Waals surface area (Å²) in [5.41, 5.74) is -3.67. The number of hydrogen-bond acceptors (Lipinski definition) is 13. The molecule has 1 unspecified atom stereocenters. The van der Waals surface area contributed by atoms with E-state index in [2.05, 4.69) is 5.32 Å². The van der Waals surface area contributed by atoms with Crippen LogP contribution in [0.3, 0.4) is 0 Å². The minimum Gasteiger partial charge on any atom is -0.459 e. The highest BCUT2D eigenvalue weighted by atomic mass is 16.7. The van der Waals surface area contributed by atoms with Gasteiger partial charge in [-0.2, -0.15) is 0 Å². The molecule has 1 aliphatic carbocycles. The molecule has 10 atom stereocenters. The molecule has 0 aromatic heterocycles. The molecule has 4 fully saturated rings. The van der Waals surface area contributed by atoms with Gasteiger partial charge in [0, 0.05) is 24.3 Å². The second-order valence-corrected chi connectivity index (χ2v) is 16.2. The van der Waals surface area contributed by atoms with Crippen molar-refractivity contribution in [2.75, 3.05) is 13.2 Å². The number of carbonyl (C=O) groups is 5. The maximum atomic E-state index is 15.1. The first-order chi connectivity index (χ1) is 27.5. The van der Waals surface area contributed by atoms with Crippen molar-refractivity contribution in [2.24, 2.45) is 16.7 Å². The van der Waals surface area contributed by atoms with Crippen LogP contribution in [0.25, 0.3) is 0 Å². The van der Waals surface area contributed by atoms with Crippen molar-refractivity contribution in [1.29, 1.82) is 0 Å². The van der Waals surface area contributed by atoms with Crippen LogP contribution in [0.2, 0.25) is 0 Å². The Morgan fingerprint density at radius 2 is 1.48 bits per heavy atom. The Labute approximate surface area is 335 Å². The molecule has 1 saturated carbocycles. The largest absolute Gasteiger partial charge is 0.459 e. The van der Waals surface area contributed by atoms with Crippen LogP contribution in [-0.4, -0.2) is 100 Å². The summed E-state index contributed by atoms with van der Waals surface area (Å²) in [5.74, 6) is -7.73. The topological polar surface area (TPSA) is 204 Å². The number of hydrogen-bond donors (Lipinski definition) is 4. The van der Waals surface area contributed by atoms with Gasteiger partial charge in [-0.15, -0.1) is 0 Å². The standard InChI is InChI=1S/C44H47NO13/c1-24(22-54-40(52)33(48)32(26-15-9-6-10-16-26)45-38(50)27-17-11-7-12-18-27)31-34-36(49)42(5)29(47)21-30-43(23-55-30,57-25(2)46)35(42)37(44(53,58-34)41(31,3)4)56-39(51)28-19-13-8-14-20-28/h6-20,29-30,32-35,37,47-48,53H,21-23H2,1-5H3,(H,45,50)/b31-24-/t29-,30+,32-,33+,34+,35?,37-,42+,43-,44+/m0/s1. The number of fused-ring (bicyclic) bond motifs is 5. The van der Waals surface area contributed by atoms with E-state index in [0.717, 1.165) is 0 Å². The first kappa shape index (κ1) is 40.9. The number of amides is 1. The molecule has 7 rings (SSSR count). The zero-order valence-corrected chi connectivity index (χ0v) is 32.7. The first-order valence-corrected chi connectivity index (χ1v) is 19.1. The highest BCUT2D eigenvalue weighted by Crippen LogP contribution is 2.65. The molecule has 3 saturated heterocycles. The van der Waals surface area contributed by atoms with E-state index in [9.17, 15) is 34.5 Å². The molecule has 1 amide bonds. The zero-order chi connectivity index (χ0) is 41.8. The number of benzene rings is 3. The second-order valence-electron chi connectivity index (χ2n) is 16.2. The Hall–Kier alpha value is -5.25. The molecule has 2 bridgehead atoms. The maximum Gasteiger partial charge on any atom is 0.338 e. The maximum absolute atomic E-state index is 15.1. The van der Waals surface area contributed by atoms with Gasteiger partial charge in [-0.3, -0.25) is 14.4 Å². The fourth-order valence-corrected chi connectivity index (χ4v) is 9.38. The van der Waals surface area contributed by atoms with Gasteiger partial charge in [-0.1, -0.05) is 80.6 Å². The normalized spacial score (nSPS) is 32.5. The summed E-state index contributed by atoms with van der Waals surface area (Å²) in [6.07, 6.45) is -7.59. The van der Waals surface area contributed by atoms with Crippen molar-refractivity contribution in [3.63, 3.8) is 0 Å². The van der Waals surface area contributed by atoms with Crippen LogP contribution in [0.1, 0.15) is 73.4 Å². The van der Waals surface area contributed by atoms with Crippen molar-refractivity contribution in [3.8, 4) is 0 Å². The van der Waals surface area contributed by atoms with Crippen LogP contribution in [0.15, 0.2) is 102 Å². The van der Waals surface area contributed by atoms with Crippen molar-refractivity contribution >= 4 is 29.6 Å². The highest BCUT2D eigenvalue weighted by molar-refractivity contribution is 5.96. The van der Waals surface area contributed by atoms with E-state index in [1.165, 1.54) is 26.0 Å². The number of nitrogens with one attached hydrogen (secondary N) is 1. The van der Waals surface area contributed by atoms with E-state index in [1.807, 2.05) is 0 Å². The van der Waals surface area contributed by atoms with Crippen molar-refractivity contribution in [3.05, 3.63) is 119 Å². The van der Waals surface area contributed by atoms with E-state index in [-0.39, 0.29) is 29.7 Å². The van der Waals surface area contributed by atoms with Gasteiger partial charge in [0.2, 0.25) is 5.79 Å². The molecule has 0 spiro atoms. The SMILES string of the molecule is CC(=O)O[C@@]12CO[C@@H]1C[C@H](O)[C@@]1(C)C(=O)[C@@H]3O[C@](O)([C@@H](OC(=O)c4ccccc4)C12)C(C)(C)/C3=C(/C)COC(=O)[C@H](O)[C@@H](NC(=O)c1ccccc1)c1ccccc1. The van der Waals surface area contributed by atoms with Crippen molar-refractivity contribution < 1.29 is 63.0 Å². The van der Waals surface area contributed by atoms with Crippen LogP contribution in [0, 0.1) is 16.7 Å². The highest BCUT2D eigenvalue weighted by Gasteiger charge is 2.80. The second kappa shape index (κ2) is 15.2. The summed E-state index contributed by atoms with van der Waals surface area (Å²) in [6, 6.07) is 23.5. The lowest BCUT2D eigenvalue weighted by atomic mass is 9.49. The van der Waals surface area contributed by atoms with Crippen molar-refractivity contribution in [2.45, 2.75) is 89.0 Å². The van der Waals surface area contributed by atoms with Gasteiger partial charge in [0.25, 0.3) is 5.91 Å². The van der Waals surface area contributed by atoms with Gasteiger partial charge >= 0.3 is 17.9 Å². The lowest BCUT2D eigenvalue weighted by Crippen LogP contribution is -2.79. The molecule has 4 aliphatic rings. The molecular formula is C44H47NO13. The Kier molecular flexibility index (Phi) is 10.7. The third-order valence-corrected chi connectivity index (χ3v) is 12.4. The Bertz CT molecular complexity index is 2120. The number of Topliss-reactive ketones (excluding diaryl/α,β-unsaturated/α-hetero) is 1. The third kappa shape index (κ3) is 6.52. The van der Waals surface area contributed by atoms with Crippen LogP contribution >= 0.6 is 0 Å². The van der Waals surface area contributed by atoms with Crippen LogP contribution < -0.4 is 5.32 Å². The number of carbonyl (C=O) groups excluding carboxylic acids is 5. The van der Waals surface area contributed by atoms with Crippen LogP contribution in [0.4, 0.5) is 0 Å². The van der Waals surface area contributed by atoms with E-state index in [1.54, 1.807) is 99.6 Å². The number of rotatable bonds is 10. The minimum absolute atomic E-state index is 0.114. The molecular weight excluding hydrogens is 750 g/mol. The number of aliphatic hydroxyl groups excluding tert-OH is 2. The summed E-state index contributed by atoms with van der Waals surface area (Å²) in [6.45, 7) is 6.71. The number of ketones is 1. The average Bonchev–Trinajstić information content (AvgIpc) is 3.39. The van der Waals surface area contributed by atoms with Gasteiger partial charge in [-0.25, -0.2) is 9.59 Å². The molecule has 3 aliphatic heterocycles.